The summed E-state index contributed by atoms with van der Waals surface area (Å²) in [7, 11) is 1.85. The van der Waals surface area contributed by atoms with Crippen molar-refractivity contribution < 1.29 is 9.18 Å². The summed E-state index contributed by atoms with van der Waals surface area (Å²) in [6.07, 6.45) is 1.02. The predicted octanol–water partition coefficient (Wildman–Crippen LogP) is 3.08. The van der Waals surface area contributed by atoms with E-state index in [1.807, 2.05) is 28.3 Å². The molecule has 0 saturated heterocycles. The fourth-order valence-electron chi connectivity index (χ4n) is 4.21. The minimum atomic E-state index is -0.275. The molecule has 1 aliphatic carbocycles. The van der Waals surface area contributed by atoms with Crippen LogP contribution >= 0.6 is 28.1 Å². The lowest BCUT2D eigenvalue weighted by atomic mass is 9.93. The maximum absolute atomic E-state index is 14.5. The summed E-state index contributed by atoms with van der Waals surface area (Å²) in [6, 6.07) is 6.94. The summed E-state index contributed by atoms with van der Waals surface area (Å²) in [5.74, 6) is -0.254. The average molecular weight is 435 g/mol. The normalized spacial score (nSPS) is 22.5. The highest BCUT2D eigenvalue weighted by molar-refractivity contribution is 9.10. The molecule has 1 N–H and O–H groups in total. The number of nitrogens with one attached hydrogen (secondary N) is 1. The Balaban J connectivity index is 1.72. The number of hydrogen-bond donors (Lipinski definition) is 1. The second-order valence-electron chi connectivity index (χ2n) is 6.91. The monoisotopic (exact) mass is 434 g/mol. The highest BCUT2D eigenvalue weighted by atomic mass is 79.9. The minimum Gasteiger partial charge on any atom is -0.343 e. The summed E-state index contributed by atoms with van der Waals surface area (Å²) in [4.78, 5) is 12.1. The molecule has 2 atom stereocenters. The van der Waals surface area contributed by atoms with Gasteiger partial charge in [0.2, 0.25) is 5.91 Å². The summed E-state index contributed by atoms with van der Waals surface area (Å²) < 4.78 is 19.9. The standard InChI is InChI=1S/C18H16BrFN4OS/c1-23-14(7-15(25)22-5-4-21)16-12-8-18(12,9-24(16)17(23)26)11-6-10(19)2-3-13(11)20/h2-3,6,12H,5,7-9H2,1H3,(H,22,25)/t12?,18-/m1/s1. The maximum atomic E-state index is 14.5. The van der Waals surface area contributed by atoms with E-state index >= 15 is 0 Å². The minimum absolute atomic E-state index is 0.0179. The molecule has 5 nitrogen and oxygen atoms in total. The van der Waals surface area contributed by atoms with Crippen LogP contribution in [0.25, 0.3) is 0 Å². The molecule has 1 fully saturated rings. The lowest BCUT2D eigenvalue weighted by Crippen LogP contribution is -2.26. The average Bonchev–Trinajstić information content (AvgIpc) is 3.17. The Bertz CT molecular complexity index is 1040. The summed E-state index contributed by atoms with van der Waals surface area (Å²) >= 11 is 8.98. The summed E-state index contributed by atoms with van der Waals surface area (Å²) in [5, 5.41) is 11.2. The van der Waals surface area contributed by atoms with Crippen molar-refractivity contribution in [3.63, 3.8) is 0 Å². The summed E-state index contributed by atoms with van der Waals surface area (Å²) in [6.45, 7) is 0.614. The number of nitriles is 1. The zero-order valence-electron chi connectivity index (χ0n) is 14.1. The molecular weight excluding hydrogens is 419 g/mol. The van der Waals surface area contributed by atoms with Gasteiger partial charge in [0.05, 0.1) is 12.5 Å². The zero-order chi connectivity index (χ0) is 18.6. The Hall–Kier alpha value is -1.98. The topological polar surface area (TPSA) is 62.8 Å². The second kappa shape index (κ2) is 6.03. The first-order valence-corrected chi connectivity index (χ1v) is 9.46. The number of hydrogen-bond acceptors (Lipinski definition) is 3. The molecule has 1 saturated carbocycles. The first kappa shape index (κ1) is 17.4. The molecule has 1 aliphatic heterocycles. The number of carbonyl (C=O) groups is 1. The first-order chi connectivity index (χ1) is 12.4. The maximum Gasteiger partial charge on any atom is 0.226 e. The van der Waals surface area contributed by atoms with Gasteiger partial charge in [-0.2, -0.15) is 5.26 Å². The molecule has 1 aromatic carbocycles. The molecule has 1 aromatic heterocycles. The Morgan fingerprint density at radius 1 is 1.58 bits per heavy atom. The van der Waals surface area contributed by atoms with Gasteiger partial charge in [-0.25, -0.2) is 4.39 Å². The van der Waals surface area contributed by atoms with E-state index < -0.39 is 0 Å². The Morgan fingerprint density at radius 2 is 2.35 bits per heavy atom. The smallest absolute Gasteiger partial charge is 0.226 e. The molecule has 1 amide bonds. The molecule has 0 spiro atoms. The van der Waals surface area contributed by atoms with Gasteiger partial charge in [-0.3, -0.25) is 4.79 Å². The predicted molar refractivity (Wildman–Crippen MR) is 99.7 cm³/mol. The van der Waals surface area contributed by atoms with Crippen molar-refractivity contribution in [2.24, 2.45) is 7.05 Å². The van der Waals surface area contributed by atoms with Crippen LogP contribution in [-0.4, -0.2) is 21.6 Å². The third-order valence-electron chi connectivity index (χ3n) is 5.51. The lowest BCUT2D eigenvalue weighted by molar-refractivity contribution is -0.120. The van der Waals surface area contributed by atoms with E-state index in [1.54, 1.807) is 6.07 Å². The van der Waals surface area contributed by atoms with Gasteiger partial charge < -0.3 is 14.5 Å². The molecule has 2 aromatic rings. The number of fused-ring (bicyclic) bond motifs is 3. The Labute approximate surface area is 163 Å². The number of nitrogens with zero attached hydrogens (tertiary/aromatic N) is 3. The fourth-order valence-corrected chi connectivity index (χ4v) is 4.85. The Kier molecular flexibility index (Phi) is 4.04. The van der Waals surface area contributed by atoms with E-state index in [4.69, 9.17) is 17.5 Å². The SMILES string of the molecule is Cn1c(CC(=O)NCC#N)c2n(c1=S)C[C@@]1(c3cc(Br)ccc3F)CC21. The number of amides is 1. The number of benzene rings is 1. The van der Waals surface area contributed by atoms with Crippen molar-refractivity contribution in [3.8, 4) is 6.07 Å². The molecule has 2 heterocycles. The van der Waals surface area contributed by atoms with Gasteiger partial charge in [0, 0.05) is 40.8 Å². The van der Waals surface area contributed by atoms with Gasteiger partial charge in [-0.15, -0.1) is 0 Å². The number of halogens is 2. The molecule has 4 rings (SSSR count). The van der Waals surface area contributed by atoms with Crippen molar-refractivity contribution in [2.45, 2.75) is 30.7 Å². The molecule has 8 heteroatoms. The van der Waals surface area contributed by atoms with Crippen LogP contribution in [0.5, 0.6) is 0 Å². The van der Waals surface area contributed by atoms with E-state index in [1.165, 1.54) is 6.07 Å². The lowest BCUT2D eigenvalue weighted by Gasteiger charge is -2.15. The highest BCUT2D eigenvalue weighted by Gasteiger charge is 2.63. The molecule has 0 bridgehead atoms. The van der Waals surface area contributed by atoms with Crippen LogP contribution in [0, 0.1) is 21.9 Å². The van der Waals surface area contributed by atoms with Gasteiger partial charge >= 0.3 is 0 Å². The van der Waals surface area contributed by atoms with E-state index in [-0.39, 0.29) is 36.0 Å². The number of carbonyl (C=O) groups excluding carboxylic acids is 1. The van der Waals surface area contributed by atoms with Gasteiger partial charge in [0.15, 0.2) is 4.77 Å². The molecule has 0 radical (unpaired) electrons. The summed E-state index contributed by atoms with van der Waals surface area (Å²) in [5.41, 5.74) is 2.31. The Morgan fingerprint density at radius 3 is 3.08 bits per heavy atom. The van der Waals surface area contributed by atoms with Crippen LogP contribution in [0.3, 0.4) is 0 Å². The van der Waals surface area contributed by atoms with Gasteiger partial charge in [-0.1, -0.05) is 15.9 Å². The first-order valence-electron chi connectivity index (χ1n) is 8.26. The van der Waals surface area contributed by atoms with E-state index in [0.29, 0.717) is 16.9 Å². The molecule has 1 unspecified atom stereocenters. The van der Waals surface area contributed by atoms with Crippen LogP contribution in [-0.2, 0) is 30.2 Å². The van der Waals surface area contributed by atoms with Gasteiger partial charge in [0.25, 0.3) is 0 Å². The van der Waals surface area contributed by atoms with Crippen molar-refractivity contribution in [1.82, 2.24) is 14.5 Å². The number of imidazole rings is 1. The van der Waals surface area contributed by atoms with Gasteiger partial charge in [0.1, 0.15) is 12.4 Å². The molecular formula is C18H16BrFN4OS. The number of aromatic nitrogens is 2. The fraction of sp³-hybridized carbons (Fsp3) is 0.389. The van der Waals surface area contributed by atoms with E-state index in [2.05, 4.69) is 21.2 Å². The van der Waals surface area contributed by atoms with Crippen molar-refractivity contribution in [3.05, 3.63) is 50.2 Å². The van der Waals surface area contributed by atoms with E-state index in [0.717, 1.165) is 22.3 Å². The van der Waals surface area contributed by atoms with Crippen molar-refractivity contribution in [2.75, 3.05) is 6.54 Å². The third kappa shape index (κ3) is 2.45. The molecule has 134 valence electrons. The number of rotatable bonds is 4. The van der Waals surface area contributed by atoms with Crippen LogP contribution in [0.1, 0.15) is 29.3 Å². The zero-order valence-corrected chi connectivity index (χ0v) is 16.5. The quantitative estimate of drug-likeness (QED) is 0.593. The van der Waals surface area contributed by atoms with Crippen molar-refractivity contribution in [1.29, 1.82) is 5.26 Å². The van der Waals surface area contributed by atoms with Crippen LogP contribution < -0.4 is 5.32 Å². The largest absolute Gasteiger partial charge is 0.343 e. The van der Waals surface area contributed by atoms with E-state index in [9.17, 15) is 9.18 Å². The molecule has 26 heavy (non-hydrogen) atoms. The third-order valence-corrected chi connectivity index (χ3v) is 6.50. The molecule has 2 aliphatic rings. The second-order valence-corrected chi connectivity index (χ2v) is 8.19. The van der Waals surface area contributed by atoms with Crippen molar-refractivity contribution >= 4 is 34.1 Å². The van der Waals surface area contributed by atoms with Crippen LogP contribution in [0.15, 0.2) is 22.7 Å². The highest BCUT2D eigenvalue weighted by Crippen LogP contribution is 2.66. The van der Waals surface area contributed by atoms with Crippen LogP contribution in [0.2, 0.25) is 0 Å². The van der Waals surface area contributed by atoms with Gasteiger partial charge in [-0.05, 0) is 42.4 Å². The van der Waals surface area contributed by atoms with Crippen LogP contribution in [0.4, 0.5) is 4.39 Å².